The van der Waals surface area contributed by atoms with Crippen LogP contribution in [0.2, 0.25) is 0 Å². The van der Waals surface area contributed by atoms with Crippen LogP contribution in [0.1, 0.15) is 12.7 Å². The number of carbonyl (C=O) groups is 2. The van der Waals surface area contributed by atoms with E-state index in [9.17, 15) is 9.59 Å². The van der Waals surface area contributed by atoms with Crippen molar-refractivity contribution in [1.29, 1.82) is 0 Å². The first kappa shape index (κ1) is 15.9. The fourth-order valence-corrected chi connectivity index (χ4v) is 2.41. The number of allylic oxidation sites excluding steroid dienone is 2. The lowest BCUT2D eigenvalue weighted by atomic mass is 10.1. The zero-order chi connectivity index (χ0) is 16.1. The largest absolute Gasteiger partial charge is 0.465 e. The first-order valence-electron chi connectivity index (χ1n) is 6.80. The third-order valence-corrected chi connectivity index (χ3v) is 3.55. The third-order valence-electron chi connectivity index (χ3n) is 3.11. The average Bonchev–Trinajstić information content (AvgIpc) is 3.01. The molecule has 1 fully saturated rings. The van der Waals surface area contributed by atoms with E-state index in [1.165, 1.54) is 15.9 Å². The lowest BCUT2D eigenvalue weighted by Gasteiger charge is -2.35. The van der Waals surface area contributed by atoms with Crippen LogP contribution in [0.15, 0.2) is 53.2 Å². The summed E-state index contributed by atoms with van der Waals surface area (Å²) < 4.78 is 5.15. The minimum Gasteiger partial charge on any atom is -0.465 e. The van der Waals surface area contributed by atoms with Gasteiger partial charge >= 0.3 is 0 Å². The summed E-state index contributed by atoms with van der Waals surface area (Å²) in [6.45, 7) is 6.08. The Labute approximate surface area is 134 Å². The standard InChI is InChI=1S/C16H16N2O3S/c1-3-10-18-15(20)13(14(19)17(4-2)16(18)22)9-5-7-12-8-6-11-21-12/h3,5-9,11H,1,4,10H2,2H3/b7-5+,13-9-. The minimum atomic E-state index is -0.413. The second-order valence-corrected chi connectivity index (χ2v) is 4.86. The van der Waals surface area contributed by atoms with Crippen LogP contribution in [0.3, 0.4) is 0 Å². The van der Waals surface area contributed by atoms with Gasteiger partial charge in [-0.15, -0.1) is 6.58 Å². The fraction of sp³-hybridized carbons (Fsp3) is 0.188. The van der Waals surface area contributed by atoms with Crippen LogP contribution in [0.5, 0.6) is 0 Å². The zero-order valence-electron chi connectivity index (χ0n) is 12.2. The van der Waals surface area contributed by atoms with Crippen LogP contribution in [0, 0.1) is 0 Å². The van der Waals surface area contributed by atoms with E-state index in [2.05, 4.69) is 6.58 Å². The van der Waals surface area contributed by atoms with Gasteiger partial charge in [0.05, 0.1) is 6.26 Å². The molecule has 2 amide bonds. The maximum atomic E-state index is 12.4. The SMILES string of the molecule is C=CCN1C(=O)/C(=C\C=C\c2ccco2)C(=O)N(CC)C1=S. The predicted molar refractivity (Wildman–Crippen MR) is 87.7 cm³/mol. The Hall–Kier alpha value is -2.47. The number of furan rings is 1. The van der Waals surface area contributed by atoms with E-state index in [0.29, 0.717) is 12.3 Å². The zero-order valence-corrected chi connectivity index (χ0v) is 13.0. The molecular weight excluding hydrogens is 300 g/mol. The van der Waals surface area contributed by atoms with Crippen molar-refractivity contribution in [2.45, 2.75) is 6.92 Å². The molecule has 0 aliphatic carbocycles. The maximum absolute atomic E-state index is 12.4. The molecule has 0 unspecified atom stereocenters. The van der Waals surface area contributed by atoms with Crippen molar-refractivity contribution in [3.8, 4) is 0 Å². The highest BCUT2D eigenvalue weighted by atomic mass is 32.1. The van der Waals surface area contributed by atoms with Crippen molar-refractivity contribution in [3.05, 3.63) is 54.5 Å². The van der Waals surface area contributed by atoms with Crippen molar-refractivity contribution in [1.82, 2.24) is 9.80 Å². The van der Waals surface area contributed by atoms with E-state index < -0.39 is 5.91 Å². The molecule has 2 heterocycles. The van der Waals surface area contributed by atoms with E-state index in [-0.39, 0.29) is 23.1 Å². The molecule has 2 rings (SSSR count). The second-order valence-electron chi connectivity index (χ2n) is 4.49. The summed E-state index contributed by atoms with van der Waals surface area (Å²) in [5.41, 5.74) is 0.0695. The summed E-state index contributed by atoms with van der Waals surface area (Å²) in [6.07, 6.45) is 7.89. The predicted octanol–water partition coefficient (Wildman–Crippen LogP) is 2.38. The Bertz CT molecular complexity index is 659. The van der Waals surface area contributed by atoms with E-state index in [1.54, 1.807) is 36.6 Å². The number of carbonyl (C=O) groups excluding carboxylic acids is 2. The molecule has 0 saturated carbocycles. The number of nitrogens with zero attached hydrogens (tertiary/aromatic N) is 2. The van der Waals surface area contributed by atoms with Crippen LogP contribution >= 0.6 is 12.2 Å². The summed E-state index contributed by atoms with van der Waals surface area (Å²) >= 11 is 5.20. The number of hydrogen-bond donors (Lipinski definition) is 0. The molecule has 6 heteroatoms. The van der Waals surface area contributed by atoms with Crippen molar-refractivity contribution < 1.29 is 14.0 Å². The van der Waals surface area contributed by atoms with E-state index in [1.807, 2.05) is 6.92 Å². The van der Waals surface area contributed by atoms with Crippen molar-refractivity contribution in [2.24, 2.45) is 0 Å². The Morgan fingerprint density at radius 1 is 1.32 bits per heavy atom. The molecule has 1 aromatic rings. The van der Waals surface area contributed by atoms with E-state index in [0.717, 1.165) is 0 Å². The van der Waals surface area contributed by atoms with Crippen LogP contribution < -0.4 is 0 Å². The molecule has 1 aliphatic rings. The topological polar surface area (TPSA) is 53.8 Å². The minimum absolute atomic E-state index is 0.0695. The van der Waals surface area contributed by atoms with Gasteiger partial charge in [0.1, 0.15) is 11.3 Å². The average molecular weight is 316 g/mol. The van der Waals surface area contributed by atoms with Crippen molar-refractivity contribution in [2.75, 3.05) is 13.1 Å². The van der Waals surface area contributed by atoms with Gasteiger partial charge in [0.2, 0.25) is 0 Å². The number of hydrogen-bond acceptors (Lipinski definition) is 4. The molecule has 5 nitrogen and oxygen atoms in total. The Morgan fingerprint density at radius 3 is 2.64 bits per heavy atom. The summed E-state index contributed by atoms with van der Waals surface area (Å²) in [4.78, 5) is 27.5. The lowest BCUT2D eigenvalue weighted by molar-refractivity contribution is -0.133. The molecule has 0 aromatic carbocycles. The monoisotopic (exact) mass is 316 g/mol. The molecule has 114 valence electrons. The highest BCUT2D eigenvalue weighted by Crippen LogP contribution is 2.18. The van der Waals surface area contributed by atoms with Crippen molar-refractivity contribution in [3.63, 3.8) is 0 Å². The highest BCUT2D eigenvalue weighted by Gasteiger charge is 2.37. The molecule has 0 N–H and O–H groups in total. The molecule has 22 heavy (non-hydrogen) atoms. The van der Waals surface area contributed by atoms with Gasteiger partial charge in [-0.05, 0) is 43.4 Å². The number of thiocarbonyl (C=S) groups is 1. The molecule has 0 bridgehead atoms. The molecule has 1 aliphatic heterocycles. The number of amides is 2. The van der Waals surface area contributed by atoms with E-state index >= 15 is 0 Å². The van der Waals surface area contributed by atoms with Gasteiger partial charge in [0, 0.05) is 13.1 Å². The number of rotatable bonds is 5. The summed E-state index contributed by atoms with van der Waals surface area (Å²) in [6, 6.07) is 3.53. The van der Waals surface area contributed by atoms with E-state index in [4.69, 9.17) is 16.6 Å². The quantitative estimate of drug-likeness (QED) is 0.362. The highest BCUT2D eigenvalue weighted by molar-refractivity contribution is 7.80. The van der Waals surface area contributed by atoms with Crippen LogP contribution in [-0.2, 0) is 9.59 Å². The van der Waals surface area contributed by atoms with Gasteiger partial charge in [-0.3, -0.25) is 19.4 Å². The third kappa shape index (κ3) is 3.07. The maximum Gasteiger partial charge on any atom is 0.265 e. The Balaban J connectivity index is 2.31. The normalized spacial score (nSPS) is 17.9. The summed E-state index contributed by atoms with van der Waals surface area (Å²) in [5.74, 6) is -0.163. The molecule has 0 radical (unpaired) electrons. The van der Waals surface area contributed by atoms with Crippen molar-refractivity contribution >= 4 is 35.2 Å². The molecule has 0 atom stereocenters. The summed E-state index contributed by atoms with van der Waals surface area (Å²) in [5, 5.41) is 0.213. The lowest BCUT2D eigenvalue weighted by Crippen LogP contribution is -2.56. The molecular formula is C16H16N2O3S. The van der Waals surface area contributed by atoms with Crippen LogP contribution in [0.25, 0.3) is 6.08 Å². The Morgan fingerprint density at radius 2 is 2.05 bits per heavy atom. The smallest absolute Gasteiger partial charge is 0.265 e. The van der Waals surface area contributed by atoms with Gasteiger partial charge in [0.15, 0.2) is 5.11 Å². The number of likely N-dealkylation sites (N-methyl/N-ethyl adjacent to an activating group) is 1. The molecule has 1 aromatic heterocycles. The van der Waals surface area contributed by atoms with Gasteiger partial charge in [-0.2, -0.15) is 0 Å². The van der Waals surface area contributed by atoms with Crippen LogP contribution in [0.4, 0.5) is 0 Å². The van der Waals surface area contributed by atoms with Crippen LogP contribution in [-0.4, -0.2) is 39.8 Å². The molecule has 1 saturated heterocycles. The van der Waals surface area contributed by atoms with Gasteiger partial charge in [-0.1, -0.05) is 12.2 Å². The Kier molecular flexibility index (Phi) is 5.06. The summed E-state index contributed by atoms with van der Waals surface area (Å²) in [7, 11) is 0. The molecule has 0 spiro atoms. The first-order chi connectivity index (χ1) is 10.6. The van der Waals surface area contributed by atoms with Gasteiger partial charge in [-0.25, -0.2) is 0 Å². The second kappa shape index (κ2) is 7.00. The van der Waals surface area contributed by atoms with Gasteiger partial charge in [0.25, 0.3) is 11.8 Å². The van der Waals surface area contributed by atoms with Gasteiger partial charge < -0.3 is 4.42 Å². The fourth-order valence-electron chi connectivity index (χ4n) is 2.04. The first-order valence-corrected chi connectivity index (χ1v) is 7.21.